The first kappa shape index (κ1) is 21.8. The molecule has 1 fully saturated rings. The van der Waals surface area contributed by atoms with Crippen molar-refractivity contribution in [1.82, 2.24) is 19.5 Å². The SMILES string of the molecule is CC(=O)O[C@H]1[C@H](F)[C@H](n2cnc3c(Br)nc(Br)nc32)O[C@@H]1COC(=O)c1ccccc1. The van der Waals surface area contributed by atoms with Crippen molar-refractivity contribution in [1.29, 1.82) is 0 Å². The lowest BCUT2D eigenvalue weighted by atomic mass is 10.1. The van der Waals surface area contributed by atoms with Crippen molar-refractivity contribution in [3.63, 3.8) is 0 Å². The van der Waals surface area contributed by atoms with Crippen molar-refractivity contribution in [2.24, 2.45) is 0 Å². The van der Waals surface area contributed by atoms with Crippen LogP contribution in [0.5, 0.6) is 0 Å². The molecule has 0 saturated carbocycles. The molecule has 0 spiro atoms. The van der Waals surface area contributed by atoms with Gasteiger partial charge in [0.2, 0.25) is 0 Å². The number of hydrogen-bond acceptors (Lipinski definition) is 8. The molecule has 162 valence electrons. The molecule has 0 amide bonds. The van der Waals surface area contributed by atoms with E-state index in [9.17, 15) is 9.59 Å². The van der Waals surface area contributed by atoms with Crippen LogP contribution in [-0.4, -0.2) is 56.4 Å². The van der Waals surface area contributed by atoms with Crippen LogP contribution >= 0.6 is 31.9 Å². The predicted octanol–water partition coefficient (Wildman–Crippen LogP) is 3.38. The zero-order valence-electron chi connectivity index (χ0n) is 15.9. The fourth-order valence-corrected chi connectivity index (χ4v) is 4.27. The van der Waals surface area contributed by atoms with E-state index >= 15 is 4.39 Å². The molecule has 9 nitrogen and oxygen atoms in total. The second-order valence-electron chi connectivity index (χ2n) is 6.66. The van der Waals surface area contributed by atoms with Crippen LogP contribution in [0.2, 0.25) is 0 Å². The van der Waals surface area contributed by atoms with Crippen LogP contribution in [-0.2, 0) is 19.0 Å². The molecule has 1 aromatic carbocycles. The summed E-state index contributed by atoms with van der Waals surface area (Å²) in [5.74, 6) is -1.28. The molecular weight excluding hydrogens is 543 g/mol. The first-order valence-corrected chi connectivity index (χ1v) is 10.7. The number of ether oxygens (including phenoxy) is 3. The molecule has 0 bridgehead atoms. The van der Waals surface area contributed by atoms with E-state index in [2.05, 4.69) is 46.8 Å². The maximum atomic E-state index is 15.3. The number of imidazole rings is 1. The van der Waals surface area contributed by atoms with Crippen LogP contribution in [0.25, 0.3) is 11.2 Å². The Hall–Kier alpha value is -2.44. The summed E-state index contributed by atoms with van der Waals surface area (Å²) in [6.07, 6.45) is -3.91. The lowest BCUT2D eigenvalue weighted by Gasteiger charge is -2.18. The van der Waals surface area contributed by atoms with Crippen molar-refractivity contribution >= 4 is 55.0 Å². The van der Waals surface area contributed by atoms with E-state index in [0.717, 1.165) is 0 Å². The number of rotatable bonds is 5. The molecule has 2 aromatic heterocycles. The number of benzene rings is 1. The van der Waals surface area contributed by atoms with E-state index < -0.39 is 36.5 Å². The Labute approximate surface area is 192 Å². The average Bonchev–Trinajstić information content (AvgIpc) is 3.28. The van der Waals surface area contributed by atoms with Gasteiger partial charge in [-0.15, -0.1) is 0 Å². The second kappa shape index (κ2) is 8.97. The van der Waals surface area contributed by atoms with Crippen molar-refractivity contribution in [2.45, 2.75) is 31.5 Å². The van der Waals surface area contributed by atoms with E-state index in [0.29, 0.717) is 21.3 Å². The van der Waals surface area contributed by atoms with E-state index in [1.54, 1.807) is 30.3 Å². The quantitative estimate of drug-likeness (QED) is 0.267. The van der Waals surface area contributed by atoms with Gasteiger partial charge in [0.15, 0.2) is 28.9 Å². The number of nitrogens with zero attached hydrogens (tertiary/aromatic N) is 4. The zero-order chi connectivity index (χ0) is 22.1. The standard InChI is InChI=1S/C19H15Br2FN4O5/c1-9(27)30-14-11(7-29-18(28)10-5-3-2-4-6-10)31-17(12(14)22)26-8-23-13-15(20)24-19(21)25-16(13)26/h2-6,8,11-12,14,17H,7H2,1H3/t11-,12+,14-,17-/m1/s1. The van der Waals surface area contributed by atoms with Crippen molar-refractivity contribution in [3.8, 4) is 0 Å². The van der Waals surface area contributed by atoms with E-state index in [1.807, 2.05) is 0 Å². The Morgan fingerprint density at radius 3 is 2.68 bits per heavy atom. The van der Waals surface area contributed by atoms with Gasteiger partial charge in [-0.3, -0.25) is 9.36 Å². The summed E-state index contributed by atoms with van der Waals surface area (Å²) in [5, 5.41) is 0. The maximum Gasteiger partial charge on any atom is 0.338 e. The summed E-state index contributed by atoms with van der Waals surface area (Å²) in [6, 6.07) is 8.34. The van der Waals surface area contributed by atoms with E-state index in [-0.39, 0.29) is 11.3 Å². The fourth-order valence-electron chi connectivity index (χ4n) is 3.24. The fraction of sp³-hybridized carbons (Fsp3) is 0.316. The highest BCUT2D eigenvalue weighted by Crippen LogP contribution is 2.36. The lowest BCUT2D eigenvalue weighted by molar-refractivity contribution is -0.152. The average molecular weight is 558 g/mol. The third kappa shape index (κ3) is 4.46. The maximum absolute atomic E-state index is 15.3. The molecule has 4 rings (SSSR count). The van der Waals surface area contributed by atoms with Gasteiger partial charge in [-0.1, -0.05) is 18.2 Å². The molecule has 1 aliphatic rings. The molecule has 4 atom stereocenters. The smallest absolute Gasteiger partial charge is 0.338 e. The van der Waals surface area contributed by atoms with Gasteiger partial charge in [0.1, 0.15) is 22.8 Å². The van der Waals surface area contributed by atoms with E-state index in [1.165, 1.54) is 17.8 Å². The molecular formula is C19H15Br2FN4O5. The molecule has 0 aliphatic carbocycles. The monoisotopic (exact) mass is 556 g/mol. The normalized spacial score (nSPS) is 23.1. The highest BCUT2D eigenvalue weighted by Gasteiger charge is 2.49. The Bertz CT molecular complexity index is 1130. The number of hydrogen-bond donors (Lipinski definition) is 0. The molecule has 1 aliphatic heterocycles. The van der Waals surface area contributed by atoms with Crippen molar-refractivity contribution in [2.75, 3.05) is 6.61 Å². The summed E-state index contributed by atoms with van der Waals surface area (Å²) in [7, 11) is 0. The summed E-state index contributed by atoms with van der Waals surface area (Å²) < 4.78 is 33.6. The Morgan fingerprint density at radius 1 is 1.23 bits per heavy atom. The lowest BCUT2D eigenvalue weighted by Crippen LogP contribution is -2.36. The highest BCUT2D eigenvalue weighted by molar-refractivity contribution is 9.11. The highest BCUT2D eigenvalue weighted by atomic mass is 79.9. The topological polar surface area (TPSA) is 105 Å². The number of fused-ring (bicyclic) bond motifs is 1. The van der Waals surface area contributed by atoms with Gasteiger partial charge >= 0.3 is 11.9 Å². The molecule has 3 aromatic rings. The van der Waals surface area contributed by atoms with Gasteiger partial charge in [0, 0.05) is 6.92 Å². The number of carbonyl (C=O) groups excluding carboxylic acids is 2. The largest absolute Gasteiger partial charge is 0.459 e. The van der Waals surface area contributed by atoms with Crippen LogP contribution < -0.4 is 0 Å². The molecule has 31 heavy (non-hydrogen) atoms. The third-order valence-electron chi connectivity index (χ3n) is 4.58. The van der Waals surface area contributed by atoms with Crippen LogP contribution in [0.4, 0.5) is 4.39 Å². The molecule has 0 unspecified atom stereocenters. The minimum Gasteiger partial charge on any atom is -0.459 e. The molecule has 0 N–H and O–H groups in total. The summed E-state index contributed by atoms with van der Waals surface area (Å²) in [6.45, 7) is 0.860. The van der Waals surface area contributed by atoms with Crippen LogP contribution in [0.15, 0.2) is 46.0 Å². The van der Waals surface area contributed by atoms with Crippen LogP contribution in [0.1, 0.15) is 23.5 Å². The number of alkyl halides is 1. The number of esters is 2. The summed E-state index contributed by atoms with van der Waals surface area (Å²) in [4.78, 5) is 36.3. The number of carbonyl (C=O) groups is 2. The predicted molar refractivity (Wildman–Crippen MR) is 112 cm³/mol. The van der Waals surface area contributed by atoms with Gasteiger partial charge in [-0.25, -0.2) is 24.1 Å². The first-order valence-electron chi connectivity index (χ1n) is 9.09. The van der Waals surface area contributed by atoms with E-state index in [4.69, 9.17) is 14.2 Å². The van der Waals surface area contributed by atoms with Gasteiger partial charge in [-0.05, 0) is 44.0 Å². The molecule has 12 heteroatoms. The summed E-state index contributed by atoms with van der Waals surface area (Å²) >= 11 is 6.48. The minimum atomic E-state index is -1.76. The Morgan fingerprint density at radius 2 is 1.97 bits per heavy atom. The zero-order valence-corrected chi connectivity index (χ0v) is 19.1. The molecule has 3 heterocycles. The Balaban J connectivity index is 1.58. The number of halogens is 3. The van der Waals surface area contributed by atoms with Crippen molar-refractivity contribution < 1.29 is 28.2 Å². The third-order valence-corrected chi connectivity index (χ3v) is 5.49. The van der Waals surface area contributed by atoms with Crippen molar-refractivity contribution in [3.05, 3.63) is 51.6 Å². The second-order valence-corrected chi connectivity index (χ2v) is 8.12. The van der Waals surface area contributed by atoms with Gasteiger partial charge < -0.3 is 14.2 Å². The first-order chi connectivity index (χ1) is 14.8. The van der Waals surface area contributed by atoms with Gasteiger partial charge in [0.25, 0.3) is 0 Å². The molecule has 0 radical (unpaired) electrons. The minimum absolute atomic E-state index is 0.270. The van der Waals surface area contributed by atoms with Crippen LogP contribution in [0, 0.1) is 0 Å². The van der Waals surface area contributed by atoms with Gasteiger partial charge in [-0.2, -0.15) is 0 Å². The Kier molecular flexibility index (Phi) is 6.30. The van der Waals surface area contributed by atoms with Gasteiger partial charge in [0.05, 0.1) is 11.9 Å². The molecule has 1 saturated heterocycles. The summed E-state index contributed by atoms with van der Waals surface area (Å²) in [5.41, 5.74) is 1.05. The van der Waals surface area contributed by atoms with Crippen LogP contribution in [0.3, 0.4) is 0 Å². The number of aromatic nitrogens is 4.